The van der Waals surface area contributed by atoms with Gasteiger partial charge in [0.2, 0.25) is 0 Å². The Hall–Kier alpha value is -2.43. The Bertz CT molecular complexity index is 733. The Balaban J connectivity index is 1.85. The van der Waals surface area contributed by atoms with E-state index in [4.69, 9.17) is 0 Å². The second-order valence-electron chi connectivity index (χ2n) is 5.44. The third-order valence-corrected chi connectivity index (χ3v) is 3.44. The van der Waals surface area contributed by atoms with E-state index in [9.17, 15) is 0 Å². The monoisotopic (exact) mass is 281 g/mol. The average Bonchev–Trinajstić information content (AvgIpc) is 2.91. The van der Waals surface area contributed by atoms with Gasteiger partial charge in [0.05, 0.1) is 29.8 Å². The highest BCUT2D eigenvalue weighted by molar-refractivity contribution is 5.78. The molecule has 0 aromatic carbocycles. The van der Waals surface area contributed by atoms with Crippen LogP contribution >= 0.6 is 0 Å². The molecule has 0 fully saturated rings. The van der Waals surface area contributed by atoms with Crippen molar-refractivity contribution < 1.29 is 0 Å². The summed E-state index contributed by atoms with van der Waals surface area (Å²) in [4.78, 5) is 8.89. The van der Waals surface area contributed by atoms with Crippen LogP contribution in [-0.4, -0.2) is 19.7 Å². The number of anilines is 1. The Kier molecular flexibility index (Phi) is 3.56. The minimum Gasteiger partial charge on any atom is -0.376 e. The lowest BCUT2D eigenvalue weighted by Gasteiger charge is -2.14. The zero-order valence-electron chi connectivity index (χ0n) is 12.5. The fourth-order valence-corrected chi connectivity index (χ4v) is 2.35. The summed E-state index contributed by atoms with van der Waals surface area (Å²) in [5, 5.41) is 8.86. The van der Waals surface area contributed by atoms with E-state index >= 15 is 0 Å². The van der Waals surface area contributed by atoms with Crippen LogP contribution in [0.5, 0.6) is 0 Å². The zero-order chi connectivity index (χ0) is 14.8. The summed E-state index contributed by atoms with van der Waals surface area (Å²) in [6, 6.07) is 8.44. The first-order valence-corrected chi connectivity index (χ1v) is 7.16. The molecule has 0 spiro atoms. The number of hydrogen-bond donors (Lipinski definition) is 1. The van der Waals surface area contributed by atoms with Crippen molar-refractivity contribution in [2.45, 2.75) is 32.9 Å². The van der Waals surface area contributed by atoms with E-state index in [1.165, 1.54) is 0 Å². The molecule has 1 N–H and O–H groups in total. The smallest absolute Gasteiger partial charge is 0.158 e. The molecule has 0 amide bonds. The van der Waals surface area contributed by atoms with Gasteiger partial charge in [-0.15, -0.1) is 0 Å². The number of rotatable bonds is 4. The largest absolute Gasteiger partial charge is 0.376 e. The Morgan fingerprint density at radius 1 is 1.10 bits per heavy atom. The molecule has 0 saturated carbocycles. The van der Waals surface area contributed by atoms with Gasteiger partial charge in [-0.05, 0) is 39.0 Å². The maximum Gasteiger partial charge on any atom is 0.158 e. The van der Waals surface area contributed by atoms with Crippen LogP contribution in [0.15, 0.2) is 42.9 Å². The van der Waals surface area contributed by atoms with Crippen molar-refractivity contribution >= 4 is 16.7 Å². The number of hydrogen-bond acceptors (Lipinski definition) is 4. The van der Waals surface area contributed by atoms with Crippen LogP contribution in [0.2, 0.25) is 0 Å². The molecule has 3 heterocycles. The van der Waals surface area contributed by atoms with Crippen molar-refractivity contribution in [1.29, 1.82) is 0 Å². The van der Waals surface area contributed by atoms with Crippen LogP contribution < -0.4 is 5.32 Å². The highest BCUT2D eigenvalue weighted by Crippen LogP contribution is 2.22. The molecule has 3 aromatic rings. The molecule has 108 valence electrons. The second kappa shape index (κ2) is 5.52. The first kappa shape index (κ1) is 13.5. The van der Waals surface area contributed by atoms with Crippen molar-refractivity contribution in [3.63, 3.8) is 0 Å². The molecule has 3 aromatic heterocycles. The van der Waals surface area contributed by atoms with E-state index in [1.807, 2.05) is 41.5 Å². The maximum absolute atomic E-state index is 4.53. The first-order valence-electron chi connectivity index (χ1n) is 7.16. The third kappa shape index (κ3) is 2.72. The van der Waals surface area contributed by atoms with Crippen molar-refractivity contribution in [2.24, 2.45) is 0 Å². The fourth-order valence-electron chi connectivity index (χ4n) is 2.35. The lowest BCUT2D eigenvalue weighted by atomic mass is 10.2. The van der Waals surface area contributed by atoms with Crippen LogP contribution in [-0.2, 0) is 0 Å². The van der Waals surface area contributed by atoms with Gasteiger partial charge in [-0.3, -0.25) is 4.98 Å². The Morgan fingerprint density at radius 2 is 1.95 bits per heavy atom. The summed E-state index contributed by atoms with van der Waals surface area (Å²) in [6.07, 6.45) is 5.52. The SMILES string of the molecule is CC(Nc1cnc2c(cnn2C(C)C)c1)c1ccccn1. The van der Waals surface area contributed by atoms with Crippen LogP contribution in [0, 0.1) is 0 Å². The molecule has 0 saturated heterocycles. The third-order valence-electron chi connectivity index (χ3n) is 3.44. The molecule has 0 bridgehead atoms. The number of nitrogens with zero attached hydrogens (tertiary/aromatic N) is 4. The summed E-state index contributed by atoms with van der Waals surface area (Å²) in [5.41, 5.74) is 2.90. The number of fused-ring (bicyclic) bond motifs is 1. The van der Waals surface area contributed by atoms with Gasteiger partial charge in [-0.1, -0.05) is 6.07 Å². The van der Waals surface area contributed by atoms with Gasteiger partial charge in [0.1, 0.15) is 0 Å². The van der Waals surface area contributed by atoms with Gasteiger partial charge in [-0.25, -0.2) is 9.67 Å². The normalized spacial score (nSPS) is 12.8. The van der Waals surface area contributed by atoms with Crippen LogP contribution in [0.25, 0.3) is 11.0 Å². The summed E-state index contributed by atoms with van der Waals surface area (Å²) in [6.45, 7) is 6.29. The Labute approximate surface area is 124 Å². The molecular formula is C16H19N5. The quantitative estimate of drug-likeness (QED) is 0.794. The molecule has 0 aliphatic rings. The van der Waals surface area contributed by atoms with E-state index in [-0.39, 0.29) is 6.04 Å². The minimum absolute atomic E-state index is 0.130. The van der Waals surface area contributed by atoms with E-state index in [0.29, 0.717) is 6.04 Å². The molecule has 1 unspecified atom stereocenters. The maximum atomic E-state index is 4.53. The highest BCUT2D eigenvalue weighted by Gasteiger charge is 2.10. The predicted octanol–water partition coefficient (Wildman–Crippen LogP) is 3.58. The van der Waals surface area contributed by atoms with E-state index in [0.717, 1.165) is 22.4 Å². The standard InChI is InChI=1S/C16H19N5/c1-11(2)21-16-13(9-19-21)8-14(10-18-16)20-12(3)15-6-4-5-7-17-15/h4-12,20H,1-3H3. The van der Waals surface area contributed by atoms with E-state index in [1.54, 1.807) is 0 Å². The van der Waals surface area contributed by atoms with Crippen LogP contribution in [0.3, 0.4) is 0 Å². The summed E-state index contributed by atoms with van der Waals surface area (Å²) < 4.78 is 1.93. The lowest BCUT2D eigenvalue weighted by Crippen LogP contribution is -2.08. The summed E-state index contributed by atoms with van der Waals surface area (Å²) in [7, 11) is 0. The second-order valence-corrected chi connectivity index (χ2v) is 5.44. The van der Waals surface area contributed by atoms with Gasteiger partial charge < -0.3 is 5.32 Å². The molecule has 3 rings (SSSR count). The predicted molar refractivity (Wildman–Crippen MR) is 84.2 cm³/mol. The first-order chi connectivity index (χ1) is 10.1. The molecule has 21 heavy (non-hydrogen) atoms. The van der Waals surface area contributed by atoms with E-state index in [2.05, 4.69) is 47.2 Å². The van der Waals surface area contributed by atoms with Gasteiger partial charge >= 0.3 is 0 Å². The van der Waals surface area contributed by atoms with Gasteiger partial charge in [0.25, 0.3) is 0 Å². The Morgan fingerprint density at radius 3 is 2.67 bits per heavy atom. The average molecular weight is 281 g/mol. The number of nitrogens with one attached hydrogen (secondary N) is 1. The molecule has 0 aliphatic carbocycles. The van der Waals surface area contributed by atoms with Crippen LogP contribution in [0.4, 0.5) is 5.69 Å². The van der Waals surface area contributed by atoms with Crippen molar-refractivity contribution in [2.75, 3.05) is 5.32 Å². The van der Waals surface area contributed by atoms with Crippen LogP contribution in [0.1, 0.15) is 38.5 Å². The zero-order valence-corrected chi connectivity index (χ0v) is 12.5. The number of pyridine rings is 2. The van der Waals surface area contributed by atoms with Crippen molar-refractivity contribution in [3.8, 4) is 0 Å². The fraction of sp³-hybridized carbons (Fsp3) is 0.312. The molecule has 1 atom stereocenters. The van der Waals surface area contributed by atoms with Gasteiger partial charge in [0.15, 0.2) is 5.65 Å². The van der Waals surface area contributed by atoms with Gasteiger partial charge in [-0.2, -0.15) is 5.10 Å². The van der Waals surface area contributed by atoms with Gasteiger partial charge in [0, 0.05) is 17.6 Å². The molecule has 5 heteroatoms. The van der Waals surface area contributed by atoms with E-state index < -0.39 is 0 Å². The molecular weight excluding hydrogens is 262 g/mol. The topological polar surface area (TPSA) is 55.6 Å². The molecule has 5 nitrogen and oxygen atoms in total. The molecule has 0 radical (unpaired) electrons. The highest BCUT2D eigenvalue weighted by atomic mass is 15.3. The van der Waals surface area contributed by atoms with Crippen molar-refractivity contribution in [1.82, 2.24) is 19.7 Å². The minimum atomic E-state index is 0.130. The number of aromatic nitrogens is 4. The molecule has 0 aliphatic heterocycles. The summed E-state index contributed by atoms with van der Waals surface area (Å²) >= 11 is 0. The van der Waals surface area contributed by atoms with Crippen molar-refractivity contribution in [3.05, 3.63) is 48.5 Å². The summed E-state index contributed by atoms with van der Waals surface area (Å²) in [5.74, 6) is 0. The lowest BCUT2D eigenvalue weighted by molar-refractivity contribution is 0.546.